The summed E-state index contributed by atoms with van der Waals surface area (Å²) in [4.78, 5) is 19.9. The van der Waals surface area contributed by atoms with E-state index in [1.165, 1.54) is 38.3 Å². The maximum Gasteiger partial charge on any atom is 0.268 e. The zero-order chi connectivity index (χ0) is 17.2. The van der Waals surface area contributed by atoms with E-state index >= 15 is 0 Å². The zero-order valence-corrected chi connectivity index (χ0v) is 16.0. The lowest BCUT2D eigenvalue weighted by molar-refractivity contribution is -0.0000977. The normalized spacial score (nSPS) is 36.1. The van der Waals surface area contributed by atoms with Crippen molar-refractivity contribution in [2.45, 2.75) is 42.5 Å². The Bertz CT molecular complexity index is 837. The number of nitrogens with one attached hydrogen (secondary N) is 3. The van der Waals surface area contributed by atoms with Crippen molar-refractivity contribution in [3.8, 4) is 0 Å². The topological polar surface area (TPSA) is 69.8 Å². The molecule has 4 aliphatic carbocycles. The fourth-order valence-electron chi connectivity index (χ4n) is 5.51. The van der Waals surface area contributed by atoms with Crippen LogP contribution in [0.5, 0.6) is 0 Å². The van der Waals surface area contributed by atoms with Gasteiger partial charge in [-0.05, 0) is 55.9 Å². The van der Waals surface area contributed by atoms with E-state index in [0.29, 0.717) is 38.4 Å². The molecule has 2 unspecified atom stereocenters. The van der Waals surface area contributed by atoms with Gasteiger partial charge in [0.2, 0.25) is 0 Å². The SMILES string of the molecule is O=C(NNC1C2CC3CC1CC(Br)(C3)C2)c1cnc2[nH]ccc2c1Cl. The summed E-state index contributed by atoms with van der Waals surface area (Å²) in [5, 5.41) is 1.21. The van der Waals surface area contributed by atoms with Crippen LogP contribution in [-0.4, -0.2) is 26.2 Å². The van der Waals surface area contributed by atoms with Crippen molar-refractivity contribution >= 4 is 44.5 Å². The Labute approximate surface area is 159 Å². The molecule has 4 aliphatic rings. The molecule has 2 atom stereocenters. The van der Waals surface area contributed by atoms with Crippen LogP contribution < -0.4 is 10.9 Å². The van der Waals surface area contributed by atoms with Gasteiger partial charge in [-0.1, -0.05) is 27.5 Å². The van der Waals surface area contributed by atoms with Crippen LogP contribution in [0.15, 0.2) is 18.5 Å². The summed E-state index contributed by atoms with van der Waals surface area (Å²) >= 11 is 10.4. The average molecular weight is 424 g/mol. The Morgan fingerprint density at radius 1 is 1.32 bits per heavy atom. The van der Waals surface area contributed by atoms with Crippen LogP contribution in [-0.2, 0) is 0 Å². The maximum atomic E-state index is 12.6. The Morgan fingerprint density at radius 3 is 2.80 bits per heavy atom. The van der Waals surface area contributed by atoms with Gasteiger partial charge < -0.3 is 4.98 Å². The van der Waals surface area contributed by atoms with E-state index < -0.39 is 0 Å². The van der Waals surface area contributed by atoms with Crippen molar-refractivity contribution in [2.75, 3.05) is 0 Å². The molecule has 2 heterocycles. The number of carbonyl (C=O) groups excluding carboxylic acids is 1. The highest BCUT2D eigenvalue weighted by atomic mass is 79.9. The van der Waals surface area contributed by atoms with Crippen molar-refractivity contribution in [3.63, 3.8) is 0 Å². The lowest BCUT2D eigenvalue weighted by atomic mass is 9.54. The Kier molecular flexibility index (Phi) is 3.67. The van der Waals surface area contributed by atoms with Gasteiger partial charge in [-0.15, -0.1) is 0 Å². The molecule has 6 rings (SSSR count). The highest BCUT2D eigenvalue weighted by Crippen LogP contribution is 2.59. The van der Waals surface area contributed by atoms with Gasteiger partial charge in [-0.2, -0.15) is 0 Å². The van der Waals surface area contributed by atoms with E-state index in [0.717, 1.165) is 11.3 Å². The summed E-state index contributed by atoms with van der Waals surface area (Å²) in [6, 6.07) is 2.19. The molecule has 2 aromatic rings. The molecule has 0 aliphatic heterocycles. The quantitative estimate of drug-likeness (QED) is 0.519. The molecule has 0 saturated heterocycles. The second kappa shape index (κ2) is 5.69. The Balaban J connectivity index is 1.31. The fourth-order valence-corrected chi connectivity index (χ4v) is 7.09. The first-order valence-corrected chi connectivity index (χ1v) is 10.1. The van der Waals surface area contributed by atoms with E-state index in [-0.39, 0.29) is 5.91 Å². The van der Waals surface area contributed by atoms with Gasteiger partial charge in [0, 0.05) is 28.1 Å². The molecule has 0 aromatic carbocycles. The number of amides is 1. The molecule has 1 amide bonds. The average Bonchev–Trinajstić information content (AvgIpc) is 3.02. The first-order chi connectivity index (χ1) is 12.0. The number of aromatic nitrogens is 2. The monoisotopic (exact) mass is 422 g/mol. The van der Waals surface area contributed by atoms with E-state index in [1.807, 2.05) is 6.07 Å². The second-order valence-electron chi connectivity index (χ2n) is 7.97. The predicted octanol–water partition coefficient (Wildman–Crippen LogP) is 3.79. The van der Waals surface area contributed by atoms with Crippen LogP contribution in [0, 0.1) is 17.8 Å². The van der Waals surface area contributed by atoms with Gasteiger partial charge in [0.15, 0.2) is 0 Å². The zero-order valence-electron chi connectivity index (χ0n) is 13.7. The second-order valence-corrected chi connectivity index (χ2v) is 10.0. The number of nitrogens with zero attached hydrogens (tertiary/aromatic N) is 1. The van der Waals surface area contributed by atoms with E-state index in [4.69, 9.17) is 11.6 Å². The van der Waals surface area contributed by atoms with Crippen LogP contribution >= 0.6 is 27.5 Å². The number of halogens is 2. The van der Waals surface area contributed by atoms with Crippen molar-refractivity contribution in [1.82, 2.24) is 20.8 Å². The first kappa shape index (κ1) is 16.1. The highest BCUT2D eigenvalue weighted by molar-refractivity contribution is 9.10. The minimum absolute atomic E-state index is 0.219. The minimum Gasteiger partial charge on any atom is -0.346 e. The number of alkyl halides is 1. The molecule has 0 radical (unpaired) electrons. The van der Waals surface area contributed by atoms with Crippen molar-refractivity contribution in [2.24, 2.45) is 17.8 Å². The molecule has 132 valence electrons. The lowest BCUT2D eigenvalue weighted by Crippen LogP contribution is -2.62. The summed E-state index contributed by atoms with van der Waals surface area (Å²) in [6.45, 7) is 0. The largest absolute Gasteiger partial charge is 0.346 e. The standard InChI is InChI=1S/C18H20BrClN4O/c19-18-5-9-3-10(6-18)15(11(4-9)7-18)23-24-17(25)13-8-22-16-12(14(13)20)1-2-21-16/h1-2,8-11,15,23H,3-7H2,(H,21,22)(H,24,25). The number of hydrazine groups is 1. The van der Waals surface area contributed by atoms with Crippen LogP contribution in [0.1, 0.15) is 42.5 Å². The lowest BCUT2D eigenvalue weighted by Gasteiger charge is -2.58. The Morgan fingerprint density at radius 2 is 2.08 bits per heavy atom. The summed E-state index contributed by atoms with van der Waals surface area (Å²) in [5.74, 6) is 1.89. The molecule has 0 spiro atoms. The number of rotatable bonds is 3. The summed E-state index contributed by atoms with van der Waals surface area (Å²) in [7, 11) is 0. The number of hydrogen-bond acceptors (Lipinski definition) is 3. The highest BCUT2D eigenvalue weighted by Gasteiger charge is 2.54. The summed E-state index contributed by atoms with van der Waals surface area (Å²) < 4.78 is 0.345. The molecule has 25 heavy (non-hydrogen) atoms. The predicted molar refractivity (Wildman–Crippen MR) is 101 cm³/mol. The number of carbonyl (C=O) groups is 1. The van der Waals surface area contributed by atoms with Crippen LogP contribution in [0.2, 0.25) is 5.02 Å². The number of aromatic amines is 1. The van der Waals surface area contributed by atoms with Crippen molar-refractivity contribution in [1.29, 1.82) is 0 Å². The van der Waals surface area contributed by atoms with E-state index in [9.17, 15) is 4.79 Å². The molecule has 4 bridgehead atoms. The number of hydrogen-bond donors (Lipinski definition) is 3. The van der Waals surface area contributed by atoms with E-state index in [2.05, 4.69) is 36.7 Å². The molecular formula is C18H20BrClN4O. The smallest absolute Gasteiger partial charge is 0.268 e. The fraction of sp³-hybridized carbons (Fsp3) is 0.556. The summed E-state index contributed by atoms with van der Waals surface area (Å²) in [5.41, 5.74) is 7.33. The van der Waals surface area contributed by atoms with Crippen molar-refractivity contribution < 1.29 is 4.79 Å². The first-order valence-electron chi connectivity index (χ1n) is 8.89. The number of H-pyrrole nitrogens is 1. The molecule has 4 fully saturated rings. The van der Waals surface area contributed by atoms with E-state index in [1.54, 1.807) is 6.20 Å². The number of pyridine rings is 1. The molecular weight excluding hydrogens is 404 g/mol. The number of fused-ring (bicyclic) bond motifs is 1. The van der Waals surface area contributed by atoms with Crippen LogP contribution in [0.4, 0.5) is 0 Å². The van der Waals surface area contributed by atoms with Gasteiger partial charge in [0.1, 0.15) is 5.65 Å². The van der Waals surface area contributed by atoms with Gasteiger partial charge >= 0.3 is 0 Å². The third-order valence-corrected chi connectivity index (χ3v) is 7.69. The minimum atomic E-state index is -0.219. The molecule has 3 N–H and O–H groups in total. The molecule has 4 saturated carbocycles. The molecule has 2 aromatic heterocycles. The van der Waals surface area contributed by atoms with Gasteiger partial charge in [0.05, 0.1) is 10.6 Å². The maximum absolute atomic E-state index is 12.6. The van der Waals surface area contributed by atoms with Crippen molar-refractivity contribution in [3.05, 3.63) is 29.0 Å². The third-order valence-electron chi connectivity index (χ3n) is 6.32. The Hall–Kier alpha value is -1.11. The van der Waals surface area contributed by atoms with Crippen LogP contribution in [0.25, 0.3) is 11.0 Å². The van der Waals surface area contributed by atoms with Gasteiger partial charge in [0.25, 0.3) is 5.91 Å². The van der Waals surface area contributed by atoms with Gasteiger partial charge in [-0.3, -0.25) is 10.2 Å². The molecule has 5 nitrogen and oxygen atoms in total. The van der Waals surface area contributed by atoms with Crippen LogP contribution in [0.3, 0.4) is 0 Å². The molecule has 7 heteroatoms. The summed E-state index contributed by atoms with van der Waals surface area (Å²) in [6.07, 6.45) is 9.56. The van der Waals surface area contributed by atoms with Gasteiger partial charge in [-0.25, -0.2) is 10.4 Å². The third kappa shape index (κ3) is 2.61.